The molecule has 2 saturated heterocycles. The summed E-state index contributed by atoms with van der Waals surface area (Å²) >= 11 is 1.53. The number of benzene rings is 1. The summed E-state index contributed by atoms with van der Waals surface area (Å²) in [5.74, 6) is -0.294. The average Bonchev–Trinajstić information content (AvgIpc) is 3.20. The molecule has 4 amide bonds. The van der Waals surface area contributed by atoms with Crippen molar-refractivity contribution in [2.24, 2.45) is 0 Å². The summed E-state index contributed by atoms with van der Waals surface area (Å²) in [6, 6.07) is 7.68. The Morgan fingerprint density at radius 1 is 1.30 bits per heavy atom. The summed E-state index contributed by atoms with van der Waals surface area (Å²) in [6.07, 6.45) is 1.11. The van der Waals surface area contributed by atoms with Crippen LogP contribution in [0.2, 0.25) is 0 Å². The number of rotatable bonds is 3. The van der Waals surface area contributed by atoms with Crippen LogP contribution >= 0.6 is 11.3 Å². The summed E-state index contributed by atoms with van der Waals surface area (Å²) in [6.45, 7) is 2.93. The van der Waals surface area contributed by atoms with Gasteiger partial charge in [-0.2, -0.15) is 0 Å². The third-order valence-electron chi connectivity index (χ3n) is 5.13. The topological polar surface area (TPSA) is 91.4 Å². The molecule has 1 spiro atoms. The second kappa shape index (κ2) is 6.77. The summed E-state index contributed by atoms with van der Waals surface area (Å²) in [7, 11) is 0. The van der Waals surface area contributed by atoms with Gasteiger partial charge >= 0.3 is 6.03 Å². The largest absolute Gasteiger partial charge is 0.342 e. The van der Waals surface area contributed by atoms with Gasteiger partial charge in [0, 0.05) is 24.0 Å². The van der Waals surface area contributed by atoms with E-state index in [-0.39, 0.29) is 18.2 Å². The summed E-state index contributed by atoms with van der Waals surface area (Å²) in [5.41, 5.74) is 2.13. The number of piperidine rings is 1. The molecule has 4 rings (SSSR count). The molecule has 0 unspecified atom stereocenters. The Kier molecular flexibility index (Phi) is 4.43. The first-order valence-corrected chi connectivity index (χ1v) is 9.76. The van der Waals surface area contributed by atoms with Crippen molar-refractivity contribution in [2.75, 3.05) is 13.1 Å². The quantitative estimate of drug-likeness (QED) is 0.791. The van der Waals surface area contributed by atoms with Crippen molar-refractivity contribution in [3.63, 3.8) is 0 Å². The van der Waals surface area contributed by atoms with Crippen molar-refractivity contribution < 1.29 is 14.4 Å². The van der Waals surface area contributed by atoms with E-state index in [0.717, 1.165) is 16.3 Å². The molecule has 2 fully saturated rings. The van der Waals surface area contributed by atoms with E-state index in [0.29, 0.717) is 25.9 Å². The van der Waals surface area contributed by atoms with Crippen molar-refractivity contribution in [3.05, 3.63) is 40.9 Å². The lowest BCUT2D eigenvalue weighted by atomic mass is 9.87. The lowest BCUT2D eigenvalue weighted by molar-refractivity contribution is -0.135. The molecular weight excluding hydrogens is 364 g/mol. The van der Waals surface area contributed by atoms with E-state index in [1.807, 2.05) is 30.5 Å². The minimum absolute atomic E-state index is 0.00401. The van der Waals surface area contributed by atoms with Crippen LogP contribution in [0.1, 0.15) is 24.1 Å². The number of likely N-dealkylation sites (tertiary alicyclic amines) is 1. The molecule has 27 heavy (non-hydrogen) atoms. The van der Waals surface area contributed by atoms with Crippen LogP contribution in [-0.4, -0.2) is 46.4 Å². The van der Waals surface area contributed by atoms with E-state index in [1.165, 1.54) is 16.9 Å². The van der Waals surface area contributed by atoms with Crippen LogP contribution in [0.25, 0.3) is 10.6 Å². The minimum atomic E-state index is -0.854. The Balaban J connectivity index is 1.38. The number of hydrogen-bond acceptors (Lipinski definition) is 5. The van der Waals surface area contributed by atoms with Gasteiger partial charge in [-0.05, 0) is 25.8 Å². The van der Waals surface area contributed by atoms with E-state index < -0.39 is 11.6 Å². The predicted octanol–water partition coefficient (Wildman–Crippen LogP) is 1.86. The second-order valence-corrected chi connectivity index (χ2v) is 7.92. The molecule has 2 N–H and O–H groups in total. The van der Waals surface area contributed by atoms with E-state index in [1.54, 1.807) is 4.90 Å². The average molecular weight is 384 g/mol. The first-order chi connectivity index (χ1) is 12.9. The number of imide groups is 1. The molecule has 3 heterocycles. The number of aromatic nitrogens is 1. The van der Waals surface area contributed by atoms with Gasteiger partial charge in [0.25, 0.3) is 5.91 Å². The highest BCUT2D eigenvalue weighted by Gasteiger charge is 2.48. The van der Waals surface area contributed by atoms with Crippen molar-refractivity contribution in [1.29, 1.82) is 0 Å². The number of thiazole rings is 1. The second-order valence-electron chi connectivity index (χ2n) is 7.06. The zero-order valence-electron chi connectivity index (χ0n) is 14.9. The summed E-state index contributed by atoms with van der Waals surface area (Å²) < 4.78 is 0. The molecule has 2 aromatic rings. The highest BCUT2D eigenvalue weighted by Crippen LogP contribution is 2.27. The van der Waals surface area contributed by atoms with Crippen LogP contribution < -0.4 is 10.6 Å². The Morgan fingerprint density at radius 3 is 2.74 bits per heavy atom. The van der Waals surface area contributed by atoms with Gasteiger partial charge in [0.1, 0.15) is 10.5 Å². The van der Waals surface area contributed by atoms with Crippen LogP contribution in [0.3, 0.4) is 0 Å². The number of urea groups is 1. The molecule has 2 aliphatic heterocycles. The molecule has 8 heteroatoms. The molecular formula is C19H20N4O3S. The minimum Gasteiger partial charge on any atom is -0.342 e. The molecule has 0 atom stereocenters. The molecule has 0 bridgehead atoms. The highest BCUT2D eigenvalue weighted by atomic mass is 32.1. The molecule has 0 radical (unpaired) electrons. The maximum atomic E-state index is 12.6. The van der Waals surface area contributed by atoms with Crippen LogP contribution in [-0.2, 0) is 16.0 Å². The van der Waals surface area contributed by atoms with Gasteiger partial charge < -0.3 is 10.2 Å². The maximum absolute atomic E-state index is 12.6. The Hall–Kier alpha value is -2.74. The third kappa shape index (κ3) is 3.44. The van der Waals surface area contributed by atoms with Crippen molar-refractivity contribution >= 4 is 29.2 Å². The normalized spacial score (nSPS) is 18.5. The zero-order chi connectivity index (χ0) is 19.0. The van der Waals surface area contributed by atoms with Gasteiger partial charge in [-0.1, -0.05) is 23.8 Å². The first-order valence-electron chi connectivity index (χ1n) is 8.88. The number of aryl methyl sites for hydroxylation is 1. The summed E-state index contributed by atoms with van der Waals surface area (Å²) in [4.78, 5) is 42.3. The maximum Gasteiger partial charge on any atom is 0.322 e. The number of nitrogens with zero attached hydrogens (tertiary/aromatic N) is 2. The Labute approximate surface area is 160 Å². The molecule has 2 aliphatic rings. The third-order valence-corrected chi connectivity index (χ3v) is 6.07. The van der Waals surface area contributed by atoms with Crippen LogP contribution in [0.5, 0.6) is 0 Å². The van der Waals surface area contributed by atoms with Crippen molar-refractivity contribution in [2.45, 2.75) is 31.7 Å². The van der Waals surface area contributed by atoms with Crippen LogP contribution in [0, 0.1) is 6.92 Å². The van der Waals surface area contributed by atoms with Gasteiger partial charge in [-0.3, -0.25) is 14.9 Å². The fourth-order valence-corrected chi connectivity index (χ4v) is 4.40. The van der Waals surface area contributed by atoms with Crippen LogP contribution in [0.4, 0.5) is 4.79 Å². The SMILES string of the molecule is Cc1cccc(-c2nc(CC(=O)N3CCC4(CC3)NC(=O)NC4=O)cs2)c1. The number of hydrogen-bond donors (Lipinski definition) is 2. The molecule has 140 valence electrons. The van der Waals surface area contributed by atoms with Crippen molar-refractivity contribution in [1.82, 2.24) is 20.5 Å². The number of carbonyl (C=O) groups excluding carboxylic acids is 3. The fraction of sp³-hybridized carbons (Fsp3) is 0.368. The number of carbonyl (C=O) groups is 3. The van der Waals surface area contributed by atoms with E-state index in [9.17, 15) is 14.4 Å². The standard InChI is InChI=1S/C19H20N4O3S/c1-12-3-2-4-13(9-12)16-20-14(11-27-16)10-15(24)23-7-5-19(6-8-23)17(25)21-18(26)22-19/h2-4,9,11H,5-8,10H2,1H3,(H2,21,22,25,26). The number of amides is 4. The molecule has 1 aromatic carbocycles. The summed E-state index contributed by atoms with van der Waals surface area (Å²) in [5, 5.41) is 7.82. The number of nitrogens with one attached hydrogen (secondary N) is 2. The van der Waals surface area contributed by atoms with E-state index in [2.05, 4.69) is 21.7 Å². The smallest absolute Gasteiger partial charge is 0.322 e. The highest BCUT2D eigenvalue weighted by molar-refractivity contribution is 7.13. The molecule has 0 aliphatic carbocycles. The Morgan fingerprint density at radius 2 is 2.07 bits per heavy atom. The lowest BCUT2D eigenvalue weighted by Crippen LogP contribution is -2.55. The van der Waals surface area contributed by atoms with Gasteiger partial charge in [0.2, 0.25) is 5.91 Å². The lowest BCUT2D eigenvalue weighted by Gasteiger charge is -2.36. The molecule has 0 saturated carbocycles. The molecule has 7 nitrogen and oxygen atoms in total. The van der Waals surface area contributed by atoms with Gasteiger partial charge in [-0.15, -0.1) is 11.3 Å². The molecule has 1 aromatic heterocycles. The zero-order valence-corrected chi connectivity index (χ0v) is 15.8. The van der Waals surface area contributed by atoms with Crippen LogP contribution in [0.15, 0.2) is 29.6 Å². The monoisotopic (exact) mass is 384 g/mol. The fourth-order valence-electron chi connectivity index (χ4n) is 3.58. The van der Waals surface area contributed by atoms with Gasteiger partial charge in [0.15, 0.2) is 0 Å². The van der Waals surface area contributed by atoms with Crippen molar-refractivity contribution in [3.8, 4) is 10.6 Å². The van der Waals surface area contributed by atoms with E-state index in [4.69, 9.17) is 0 Å². The Bertz CT molecular complexity index is 915. The van der Waals surface area contributed by atoms with Gasteiger partial charge in [-0.25, -0.2) is 9.78 Å². The first kappa shape index (κ1) is 17.7. The predicted molar refractivity (Wildman–Crippen MR) is 101 cm³/mol. The van der Waals surface area contributed by atoms with Gasteiger partial charge in [0.05, 0.1) is 12.1 Å². The van der Waals surface area contributed by atoms with E-state index >= 15 is 0 Å².